The van der Waals surface area contributed by atoms with Crippen molar-refractivity contribution in [1.82, 2.24) is 4.98 Å². The third-order valence-corrected chi connectivity index (χ3v) is 3.37. The van der Waals surface area contributed by atoms with Crippen molar-refractivity contribution in [2.24, 2.45) is 5.73 Å². The number of benzene rings is 1. The Morgan fingerprint density at radius 2 is 2.00 bits per heavy atom. The minimum Gasteiger partial charge on any atom is -0.369 e. The van der Waals surface area contributed by atoms with Crippen molar-refractivity contribution >= 4 is 22.9 Å². The fourth-order valence-electron chi connectivity index (χ4n) is 1.62. The van der Waals surface area contributed by atoms with Crippen LogP contribution in [0.3, 0.4) is 0 Å². The second-order valence-electron chi connectivity index (χ2n) is 4.14. The van der Waals surface area contributed by atoms with Gasteiger partial charge in [-0.15, -0.1) is 11.3 Å². The summed E-state index contributed by atoms with van der Waals surface area (Å²) < 4.78 is 0. The van der Waals surface area contributed by atoms with Gasteiger partial charge in [0.05, 0.1) is 10.7 Å². The number of nitrogens with two attached hydrogens (primary N) is 1. The van der Waals surface area contributed by atoms with Crippen LogP contribution < -0.4 is 11.1 Å². The van der Waals surface area contributed by atoms with Crippen molar-refractivity contribution in [3.8, 4) is 0 Å². The van der Waals surface area contributed by atoms with Crippen LogP contribution in [0.15, 0.2) is 29.6 Å². The molecule has 0 fully saturated rings. The summed E-state index contributed by atoms with van der Waals surface area (Å²) in [4.78, 5) is 15.8. The number of rotatable bonds is 4. The van der Waals surface area contributed by atoms with Crippen molar-refractivity contribution in [3.05, 3.63) is 45.9 Å². The lowest BCUT2D eigenvalue weighted by atomic mass is 10.1. The molecule has 0 spiro atoms. The molecule has 1 atom stereocenters. The van der Waals surface area contributed by atoms with Gasteiger partial charge in [-0.2, -0.15) is 0 Å². The van der Waals surface area contributed by atoms with Gasteiger partial charge in [0.2, 0.25) is 5.91 Å². The Morgan fingerprint density at radius 1 is 1.33 bits per heavy atom. The smallest absolute Gasteiger partial charge is 0.246 e. The lowest BCUT2D eigenvalue weighted by Crippen LogP contribution is -2.28. The zero-order valence-electron chi connectivity index (χ0n) is 10.3. The molecular formula is C13H15N3OS. The van der Waals surface area contributed by atoms with E-state index in [9.17, 15) is 4.79 Å². The standard InChI is InChI=1S/C13H15N3OS/c1-8-3-5-10(6-4-8)16-12(13(14)17)11-7-18-9(2)15-11/h3-7,12,16H,1-2H3,(H2,14,17). The Hall–Kier alpha value is -1.88. The first kappa shape index (κ1) is 12.6. The normalized spacial score (nSPS) is 12.1. The number of carbonyl (C=O) groups is 1. The summed E-state index contributed by atoms with van der Waals surface area (Å²) in [6.07, 6.45) is 0. The van der Waals surface area contributed by atoms with Gasteiger partial charge in [-0.1, -0.05) is 17.7 Å². The number of anilines is 1. The van der Waals surface area contributed by atoms with E-state index in [1.54, 1.807) is 0 Å². The van der Waals surface area contributed by atoms with E-state index in [-0.39, 0.29) is 0 Å². The van der Waals surface area contributed by atoms with E-state index in [1.165, 1.54) is 16.9 Å². The first-order valence-corrected chi connectivity index (χ1v) is 6.49. The SMILES string of the molecule is Cc1ccc(NC(C(N)=O)c2csc(C)n2)cc1. The van der Waals surface area contributed by atoms with E-state index < -0.39 is 11.9 Å². The summed E-state index contributed by atoms with van der Waals surface area (Å²) in [6.45, 7) is 3.91. The zero-order valence-corrected chi connectivity index (χ0v) is 11.1. The van der Waals surface area contributed by atoms with E-state index in [0.29, 0.717) is 5.69 Å². The number of amides is 1. The molecule has 3 N–H and O–H groups in total. The molecule has 2 aromatic rings. The average molecular weight is 261 g/mol. The van der Waals surface area contributed by atoms with Crippen molar-refractivity contribution in [3.63, 3.8) is 0 Å². The largest absolute Gasteiger partial charge is 0.369 e. The van der Waals surface area contributed by atoms with Gasteiger partial charge < -0.3 is 11.1 Å². The molecule has 1 amide bonds. The number of thiazole rings is 1. The summed E-state index contributed by atoms with van der Waals surface area (Å²) in [5.74, 6) is -0.430. The molecule has 0 saturated carbocycles. The first-order valence-electron chi connectivity index (χ1n) is 5.61. The van der Waals surface area contributed by atoms with E-state index in [1.807, 2.05) is 43.5 Å². The Morgan fingerprint density at radius 3 is 2.50 bits per heavy atom. The third-order valence-electron chi connectivity index (χ3n) is 2.58. The molecule has 0 aliphatic carbocycles. The molecule has 0 aliphatic rings. The highest BCUT2D eigenvalue weighted by Crippen LogP contribution is 2.21. The molecule has 1 aromatic carbocycles. The van der Waals surface area contributed by atoms with Gasteiger partial charge in [-0.3, -0.25) is 4.79 Å². The van der Waals surface area contributed by atoms with Crippen LogP contribution in [0.2, 0.25) is 0 Å². The molecule has 4 nitrogen and oxygen atoms in total. The molecule has 5 heteroatoms. The monoisotopic (exact) mass is 261 g/mol. The second kappa shape index (κ2) is 5.18. The Balaban J connectivity index is 2.22. The molecule has 0 saturated heterocycles. The Labute approximate surface area is 110 Å². The number of nitrogens with one attached hydrogen (secondary N) is 1. The van der Waals surface area contributed by atoms with Crippen LogP contribution in [0.1, 0.15) is 22.3 Å². The molecule has 1 aromatic heterocycles. The van der Waals surface area contributed by atoms with E-state index >= 15 is 0 Å². The average Bonchev–Trinajstić information content (AvgIpc) is 2.74. The van der Waals surface area contributed by atoms with E-state index in [4.69, 9.17) is 5.73 Å². The van der Waals surface area contributed by atoms with Crippen LogP contribution in [0.25, 0.3) is 0 Å². The van der Waals surface area contributed by atoms with Crippen LogP contribution in [-0.4, -0.2) is 10.9 Å². The van der Waals surface area contributed by atoms with Gasteiger partial charge in [-0.25, -0.2) is 4.98 Å². The molecule has 0 bridgehead atoms. The van der Waals surface area contributed by atoms with Crippen LogP contribution in [0, 0.1) is 13.8 Å². The Bertz CT molecular complexity index is 548. The lowest BCUT2D eigenvalue weighted by molar-refractivity contribution is -0.118. The molecular weight excluding hydrogens is 246 g/mol. The number of hydrogen-bond donors (Lipinski definition) is 2. The van der Waals surface area contributed by atoms with Crippen molar-refractivity contribution < 1.29 is 4.79 Å². The predicted molar refractivity (Wildman–Crippen MR) is 73.6 cm³/mol. The highest BCUT2D eigenvalue weighted by molar-refractivity contribution is 7.09. The predicted octanol–water partition coefficient (Wildman–Crippen LogP) is 2.40. The van der Waals surface area contributed by atoms with Gasteiger partial charge in [0.15, 0.2) is 0 Å². The fraction of sp³-hybridized carbons (Fsp3) is 0.231. The Kier molecular flexibility index (Phi) is 3.62. The zero-order chi connectivity index (χ0) is 13.1. The number of hydrogen-bond acceptors (Lipinski definition) is 4. The maximum absolute atomic E-state index is 11.5. The molecule has 0 radical (unpaired) electrons. The maximum Gasteiger partial charge on any atom is 0.246 e. The quantitative estimate of drug-likeness (QED) is 0.888. The summed E-state index contributed by atoms with van der Waals surface area (Å²) in [6, 6.07) is 7.21. The second-order valence-corrected chi connectivity index (χ2v) is 5.20. The molecule has 18 heavy (non-hydrogen) atoms. The molecule has 1 unspecified atom stereocenters. The summed E-state index contributed by atoms with van der Waals surface area (Å²) in [7, 11) is 0. The fourth-order valence-corrected chi connectivity index (χ4v) is 2.26. The first-order chi connectivity index (χ1) is 8.56. The lowest BCUT2D eigenvalue weighted by Gasteiger charge is -2.14. The molecule has 2 rings (SSSR count). The van der Waals surface area contributed by atoms with E-state index in [0.717, 1.165) is 10.7 Å². The van der Waals surface area contributed by atoms with Crippen molar-refractivity contribution in [2.45, 2.75) is 19.9 Å². The minimum absolute atomic E-state index is 0.430. The van der Waals surface area contributed by atoms with Crippen LogP contribution >= 0.6 is 11.3 Å². The van der Waals surface area contributed by atoms with Crippen LogP contribution in [0.5, 0.6) is 0 Å². The minimum atomic E-state index is -0.586. The van der Waals surface area contributed by atoms with Crippen molar-refractivity contribution in [1.29, 1.82) is 0 Å². The number of aryl methyl sites for hydroxylation is 2. The summed E-state index contributed by atoms with van der Waals surface area (Å²) in [5.41, 5.74) is 8.11. The summed E-state index contributed by atoms with van der Waals surface area (Å²) in [5, 5.41) is 5.88. The van der Waals surface area contributed by atoms with Crippen molar-refractivity contribution in [2.75, 3.05) is 5.32 Å². The topological polar surface area (TPSA) is 68.0 Å². The highest BCUT2D eigenvalue weighted by Gasteiger charge is 2.20. The van der Waals surface area contributed by atoms with Gasteiger partial charge >= 0.3 is 0 Å². The number of primary amides is 1. The molecule has 94 valence electrons. The van der Waals surface area contributed by atoms with Crippen LogP contribution in [0.4, 0.5) is 5.69 Å². The number of carbonyl (C=O) groups excluding carboxylic acids is 1. The number of nitrogens with zero attached hydrogens (tertiary/aromatic N) is 1. The molecule has 1 heterocycles. The maximum atomic E-state index is 11.5. The molecule has 0 aliphatic heterocycles. The summed E-state index contributed by atoms with van der Waals surface area (Å²) >= 11 is 1.50. The van der Waals surface area contributed by atoms with Gasteiger partial charge in [-0.05, 0) is 26.0 Å². The highest BCUT2D eigenvalue weighted by atomic mass is 32.1. The van der Waals surface area contributed by atoms with Gasteiger partial charge in [0.25, 0.3) is 0 Å². The van der Waals surface area contributed by atoms with Gasteiger partial charge in [0, 0.05) is 11.1 Å². The van der Waals surface area contributed by atoms with Gasteiger partial charge in [0.1, 0.15) is 6.04 Å². The third kappa shape index (κ3) is 2.87. The van der Waals surface area contributed by atoms with E-state index in [2.05, 4.69) is 10.3 Å². The number of aromatic nitrogens is 1. The van der Waals surface area contributed by atoms with Crippen LogP contribution in [-0.2, 0) is 4.79 Å².